The van der Waals surface area contributed by atoms with Crippen molar-refractivity contribution in [1.82, 2.24) is 14.9 Å². The Labute approximate surface area is 120 Å². The maximum absolute atomic E-state index is 12.4. The molecule has 1 unspecified atom stereocenters. The lowest BCUT2D eigenvalue weighted by atomic mass is 10.0. The van der Waals surface area contributed by atoms with Crippen molar-refractivity contribution in [3.63, 3.8) is 0 Å². The van der Waals surface area contributed by atoms with Crippen LogP contribution < -0.4 is 10.5 Å². The first-order valence-electron chi connectivity index (χ1n) is 6.78. The molecule has 1 atom stereocenters. The number of ether oxygens (including phenoxy) is 1. The van der Waals surface area contributed by atoms with Crippen LogP contribution >= 0.6 is 0 Å². The van der Waals surface area contributed by atoms with Gasteiger partial charge in [-0.3, -0.25) is 9.78 Å². The monoisotopic (exact) mass is 280 g/mol. The minimum Gasteiger partial charge on any atom is -0.480 e. The fourth-order valence-electron chi connectivity index (χ4n) is 1.79. The molecule has 0 aliphatic rings. The van der Waals surface area contributed by atoms with E-state index in [4.69, 9.17) is 10.5 Å². The number of aromatic nitrogens is 2. The Morgan fingerprint density at radius 2 is 1.90 bits per heavy atom. The molecule has 20 heavy (non-hydrogen) atoms. The van der Waals surface area contributed by atoms with Gasteiger partial charge in [0.25, 0.3) is 0 Å². The van der Waals surface area contributed by atoms with Crippen LogP contribution in [0.4, 0.5) is 0 Å². The first-order valence-corrected chi connectivity index (χ1v) is 6.78. The largest absolute Gasteiger partial charge is 0.480 e. The van der Waals surface area contributed by atoms with Crippen molar-refractivity contribution in [1.29, 1.82) is 0 Å². The first kappa shape index (κ1) is 16.4. The van der Waals surface area contributed by atoms with Gasteiger partial charge in [0.2, 0.25) is 11.8 Å². The number of methoxy groups -OCH3 is 1. The minimum atomic E-state index is -0.514. The summed E-state index contributed by atoms with van der Waals surface area (Å²) in [5.41, 5.74) is 6.60. The Balaban J connectivity index is 2.96. The Kier molecular flexibility index (Phi) is 5.88. The van der Waals surface area contributed by atoms with Crippen LogP contribution in [-0.4, -0.2) is 40.0 Å². The van der Waals surface area contributed by atoms with E-state index in [0.717, 1.165) is 0 Å². The van der Waals surface area contributed by atoms with Crippen LogP contribution in [0.1, 0.15) is 33.4 Å². The van der Waals surface area contributed by atoms with E-state index in [1.165, 1.54) is 7.11 Å². The van der Waals surface area contributed by atoms with E-state index in [1.54, 1.807) is 17.3 Å². The van der Waals surface area contributed by atoms with Crippen LogP contribution in [0.15, 0.2) is 12.4 Å². The molecule has 0 aromatic carbocycles. The van der Waals surface area contributed by atoms with Crippen molar-refractivity contribution in [2.75, 3.05) is 7.11 Å². The maximum atomic E-state index is 12.4. The molecule has 1 aromatic rings. The van der Waals surface area contributed by atoms with E-state index >= 15 is 0 Å². The number of carbonyl (C=O) groups excluding carboxylic acids is 1. The smallest absolute Gasteiger partial charge is 0.240 e. The average Bonchev–Trinajstić information content (AvgIpc) is 2.43. The van der Waals surface area contributed by atoms with Crippen molar-refractivity contribution in [2.45, 2.75) is 46.3 Å². The molecule has 0 aliphatic heterocycles. The van der Waals surface area contributed by atoms with Crippen molar-refractivity contribution in [2.24, 2.45) is 11.7 Å². The van der Waals surface area contributed by atoms with Crippen molar-refractivity contribution in [3.05, 3.63) is 18.1 Å². The summed E-state index contributed by atoms with van der Waals surface area (Å²) in [4.78, 5) is 22.5. The summed E-state index contributed by atoms with van der Waals surface area (Å²) in [6, 6.07) is -0.487. The molecule has 0 saturated heterocycles. The van der Waals surface area contributed by atoms with Crippen molar-refractivity contribution in [3.8, 4) is 5.88 Å². The standard InChI is InChI=1S/C14H24N4O2/c1-9(2)12(15)14(19)18(10(3)4)8-11-13(20-5)17-7-6-16-11/h6-7,9-10,12H,8,15H2,1-5H3. The van der Waals surface area contributed by atoms with Gasteiger partial charge in [0, 0.05) is 18.4 Å². The van der Waals surface area contributed by atoms with Crippen LogP contribution in [0.2, 0.25) is 0 Å². The van der Waals surface area contributed by atoms with Crippen LogP contribution in [-0.2, 0) is 11.3 Å². The van der Waals surface area contributed by atoms with Gasteiger partial charge in [-0.25, -0.2) is 4.98 Å². The zero-order valence-corrected chi connectivity index (χ0v) is 12.8. The summed E-state index contributed by atoms with van der Waals surface area (Å²) in [6.45, 7) is 8.11. The van der Waals surface area contributed by atoms with Crippen LogP contribution in [0, 0.1) is 5.92 Å². The normalized spacial score (nSPS) is 12.6. The number of rotatable bonds is 6. The topological polar surface area (TPSA) is 81.3 Å². The van der Waals surface area contributed by atoms with Gasteiger partial charge in [-0.05, 0) is 19.8 Å². The highest BCUT2D eigenvalue weighted by Crippen LogP contribution is 2.16. The number of amides is 1. The SMILES string of the molecule is COc1nccnc1CN(C(=O)C(N)C(C)C)C(C)C. The van der Waals surface area contributed by atoms with E-state index in [9.17, 15) is 4.79 Å². The Bertz CT molecular complexity index is 449. The second-order valence-corrected chi connectivity index (χ2v) is 5.34. The third-order valence-electron chi connectivity index (χ3n) is 3.16. The fraction of sp³-hybridized carbons (Fsp3) is 0.643. The second kappa shape index (κ2) is 7.19. The lowest BCUT2D eigenvalue weighted by molar-refractivity contribution is -0.136. The highest BCUT2D eigenvalue weighted by atomic mass is 16.5. The van der Waals surface area contributed by atoms with Gasteiger partial charge in [0.05, 0.1) is 19.7 Å². The molecule has 1 amide bonds. The van der Waals surface area contributed by atoms with Crippen LogP contribution in [0.3, 0.4) is 0 Å². The number of nitrogens with two attached hydrogens (primary N) is 1. The summed E-state index contributed by atoms with van der Waals surface area (Å²) < 4.78 is 5.17. The molecule has 1 rings (SSSR count). The molecule has 0 saturated carbocycles. The van der Waals surface area contributed by atoms with Crippen molar-refractivity contribution >= 4 is 5.91 Å². The fourth-order valence-corrected chi connectivity index (χ4v) is 1.79. The van der Waals surface area contributed by atoms with Crippen molar-refractivity contribution < 1.29 is 9.53 Å². The Morgan fingerprint density at radius 3 is 2.40 bits per heavy atom. The molecule has 1 heterocycles. The third-order valence-corrected chi connectivity index (χ3v) is 3.16. The first-order chi connectivity index (χ1) is 9.38. The van der Waals surface area contributed by atoms with Gasteiger partial charge >= 0.3 is 0 Å². The van der Waals surface area contributed by atoms with Gasteiger partial charge < -0.3 is 15.4 Å². The highest BCUT2D eigenvalue weighted by molar-refractivity contribution is 5.82. The van der Waals surface area contributed by atoms with Gasteiger partial charge in [0.1, 0.15) is 5.69 Å². The molecule has 112 valence electrons. The van der Waals surface area contributed by atoms with Gasteiger partial charge in [-0.15, -0.1) is 0 Å². The van der Waals surface area contributed by atoms with Gasteiger partial charge in [-0.2, -0.15) is 0 Å². The van der Waals surface area contributed by atoms with Crippen LogP contribution in [0.25, 0.3) is 0 Å². The molecule has 0 spiro atoms. The molecule has 1 aromatic heterocycles. The molecule has 6 nitrogen and oxygen atoms in total. The predicted molar refractivity (Wildman–Crippen MR) is 77.1 cm³/mol. The lowest BCUT2D eigenvalue weighted by Gasteiger charge is -2.30. The van der Waals surface area contributed by atoms with E-state index in [-0.39, 0.29) is 17.9 Å². The summed E-state index contributed by atoms with van der Waals surface area (Å²) >= 11 is 0. The maximum Gasteiger partial charge on any atom is 0.240 e. The molecule has 0 aliphatic carbocycles. The number of hydrogen-bond acceptors (Lipinski definition) is 5. The summed E-state index contributed by atoms with van der Waals surface area (Å²) in [7, 11) is 1.54. The summed E-state index contributed by atoms with van der Waals surface area (Å²) in [5, 5.41) is 0. The predicted octanol–water partition coefficient (Wildman–Crippen LogP) is 1.21. The van der Waals surface area contributed by atoms with E-state index in [0.29, 0.717) is 18.1 Å². The number of carbonyl (C=O) groups is 1. The average molecular weight is 280 g/mol. The zero-order valence-electron chi connectivity index (χ0n) is 12.8. The Morgan fingerprint density at radius 1 is 1.30 bits per heavy atom. The number of nitrogens with zero attached hydrogens (tertiary/aromatic N) is 3. The molecule has 6 heteroatoms. The Hall–Kier alpha value is -1.69. The molecular formula is C14H24N4O2. The molecular weight excluding hydrogens is 256 g/mol. The molecule has 2 N–H and O–H groups in total. The summed E-state index contributed by atoms with van der Waals surface area (Å²) in [5.74, 6) is 0.444. The molecule has 0 radical (unpaired) electrons. The van der Waals surface area contributed by atoms with E-state index in [1.807, 2.05) is 27.7 Å². The number of hydrogen-bond donors (Lipinski definition) is 1. The van der Waals surface area contributed by atoms with E-state index in [2.05, 4.69) is 9.97 Å². The second-order valence-electron chi connectivity index (χ2n) is 5.34. The highest BCUT2D eigenvalue weighted by Gasteiger charge is 2.26. The van der Waals surface area contributed by atoms with E-state index < -0.39 is 6.04 Å². The quantitative estimate of drug-likeness (QED) is 0.847. The zero-order chi connectivity index (χ0) is 15.3. The van der Waals surface area contributed by atoms with Crippen LogP contribution in [0.5, 0.6) is 5.88 Å². The molecule has 0 bridgehead atoms. The van der Waals surface area contributed by atoms with Gasteiger partial charge in [-0.1, -0.05) is 13.8 Å². The summed E-state index contributed by atoms with van der Waals surface area (Å²) in [6.07, 6.45) is 3.15. The minimum absolute atomic E-state index is 0.0269. The lowest BCUT2D eigenvalue weighted by Crippen LogP contribution is -2.48. The molecule has 0 fully saturated rings. The van der Waals surface area contributed by atoms with Gasteiger partial charge in [0.15, 0.2) is 0 Å². The third kappa shape index (κ3) is 3.90.